The summed E-state index contributed by atoms with van der Waals surface area (Å²) in [6, 6.07) is 30.9. The fraction of sp³-hybridized carbons (Fsp3) is 0.103. The lowest BCUT2D eigenvalue weighted by atomic mass is 10.0. The number of benzene rings is 4. The topological polar surface area (TPSA) is 17.0 Å². The predicted molar refractivity (Wildman–Crippen MR) is 137 cm³/mol. The van der Waals surface area contributed by atoms with Crippen molar-refractivity contribution in [2.75, 3.05) is 0 Å². The van der Waals surface area contributed by atoms with E-state index in [1.807, 2.05) is 36.4 Å². The summed E-state index contributed by atoms with van der Waals surface area (Å²) < 4.78 is 29.5. The van der Waals surface area contributed by atoms with Crippen molar-refractivity contribution in [2.24, 2.45) is 0 Å². The maximum absolute atomic E-state index is 14.0. The average Bonchev–Trinajstić information content (AvgIpc) is 3.18. The minimum absolute atomic E-state index is 0. The first-order valence-electron chi connectivity index (χ1n) is 11.0. The highest BCUT2D eigenvalue weighted by molar-refractivity contribution is 5.88. The zero-order valence-electron chi connectivity index (χ0n) is 18.5. The molecule has 0 aliphatic carbocycles. The van der Waals surface area contributed by atoms with Crippen LogP contribution in [-0.4, -0.2) is 4.57 Å². The molecular formula is C29H25ClF2N2. The Hall–Kier alpha value is -3.47. The van der Waals surface area contributed by atoms with Crippen molar-refractivity contribution < 1.29 is 8.78 Å². The fourth-order valence-corrected chi connectivity index (χ4v) is 4.23. The Bertz CT molecular complexity index is 1380. The fourth-order valence-electron chi connectivity index (χ4n) is 4.23. The van der Waals surface area contributed by atoms with Crippen molar-refractivity contribution in [2.45, 2.75) is 19.6 Å². The van der Waals surface area contributed by atoms with Crippen LogP contribution in [0.15, 0.2) is 103 Å². The van der Waals surface area contributed by atoms with Crippen LogP contribution in [0.1, 0.15) is 16.7 Å². The van der Waals surface area contributed by atoms with Crippen LogP contribution in [0.25, 0.3) is 22.0 Å². The Labute approximate surface area is 204 Å². The van der Waals surface area contributed by atoms with E-state index in [0.29, 0.717) is 18.7 Å². The molecule has 172 valence electrons. The normalized spacial score (nSPS) is 10.9. The van der Waals surface area contributed by atoms with Gasteiger partial charge in [0.15, 0.2) is 0 Å². The molecule has 0 unspecified atom stereocenters. The van der Waals surface area contributed by atoms with Gasteiger partial charge in [-0.05, 0) is 40.5 Å². The van der Waals surface area contributed by atoms with Gasteiger partial charge in [0.2, 0.25) is 0 Å². The van der Waals surface area contributed by atoms with Gasteiger partial charge in [0, 0.05) is 48.4 Å². The molecule has 1 heterocycles. The van der Waals surface area contributed by atoms with Crippen LogP contribution in [0.5, 0.6) is 0 Å². The van der Waals surface area contributed by atoms with Gasteiger partial charge in [0.25, 0.3) is 0 Å². The van der Waals surface area contributed by atoms with Crippen LogP contribution in [0.3, 0.4) is 0 Å². The predicted octanol–water partition coefficient (Wildman–Crippen LogP) is 7.35. The van der Waals surface area contributed by atoms with E-state index in [2.05, 4.69) is 58.5 Å². The van der Waals surface area contributed by atoms with Gasteiger partial charge >= 0.3 is 0 Å². The van der Waals surface area contributed by atoms with Crippen LogP contribution in [0, 0.1) is 11.6 Å². The molecular weight excluding hydrogens is 450 g/mol. The Balaban J connectivity index is 0.00000274. The zero-order chi connectivity index (χ0) is 22.6. The van der Waals surface area contributed by atoms with Crippen molar-refractivity contribution >= 4 is 23.3 Å². The summed E-state index contributed by atoms with van der Waals surface area (Å²) in [5.41, 5.74) is 6.31. The molecule has 1 aromatic heterocycles. The number of hydrogen-bond acceptors (Lipinski definition) is 1. The molecule has 0 spiro atoms. The van der Waals surface area contributed by atoms with Crippen molar-refractivity contribution in [3.8, 4) is 11.1 Å². The number of nitrogens with one attached hydrogen (secondary N) is 1. The smallest absolute Gasteiger partial charge is 0.130 e. The number of halogens is 3. The standard InChI is InChI=1S/C29H24F2N2.ClH/c30-26-13-11-24(28(31)16-26)17-32-18-25-20-33(19-21-7-3-1-4-8-21)29-14-12-23(15-27(25)29)22-9-5-2-6-10-22;/h1-16,20,32H,17-19H2;1H. The molecule has 0 atom stereocenters. The Morgan fingerprint density at radius 1 is 0.676 bits per heavy atom. The van der Waals surface area contributed by atoms with Crippen molar-refractivity contribution in [1.29, 1.82) is 0 Å². The number of hydrogen-bond donors (Lipinski definition) is 1. The van der Waals surface area contributed by atoms with E-state index in [4.69, 9.17) is 0 Å². The molecule has 5 heteroatoms. The molecule has 2 nitrogen and oxygen atoms in total. The van der Waals surface area contributed by atoms with Gasteiger partial charge in [0.1, 0.15) is 11.6 Å². The second kappa shape index (κ2) is 10.6. The maximum Gasteiger partial charge on any atom is 0.130 e. The molecule has 4 aromatic carbocycles. The second-order valence-corrected chi connectivity index (χ2v) is 8.21. The molecule has 0 aliphatic heterocycles. The summed E-state index contributed by atoms with van der Waals surface area (Å²) in [7, 11) is 0. The van der Waals surface area contributed by atoms with Crippen LogP contribution in [-0.2, 0) is 19.6 Å². The summed E-state index contributed by atoms with van der Waals surface area (Å²) in [4.78, 5) is 0. The van der Waals surface area contributed by atoms with E-state index < -0.39 is 11.6 Å². The van der Waals surface area contributed by atoms with Gasteiger partial charge in [-0.1, -0.05) is 72.8 Å². The van der Waals surface area contributed by atoms with Crippen LogP contribution in [0.4, 0.5) is 8.78 Å². The SMILES string of the molecule is Cl.Fc1ccc(CNCc2cn(Cc3ccccc3)c3ccc(-c4ccccc4)cc23)c(F)c1. The third-order valence-corrected chi connectivity index (χ3v) is 5.91. The summed E-state index contributed by atoms with van der Waals surface area (Å²) in [5.74, 6) is -1.09. The number of rotatable bonds is 7. The average molecular weight is 475 g/mol. The third-order valence-electron chi connectivity index (χ3n) is 5.91. The molecule has 34 heavy (non-hydrogen) atoms. The molecule has 0 saturated carbocycles. The highest BCUT2D eigenvalue weighted by Crippen LogP contribution is 2.29. The molecule has 5 rings (SSSR count). The summed E-state index contributed by atoms with van der Waals surface area (Å²) in [6.07, 6.45) is 2.17. The van der Waals surface area contributed by atoms with E-state index in [-0.39, 0.29) is 12.4 Å². The molecule has 0 fully saturated rings. The molecule has 0 saturated heterocycles. The zero-order valence-corrected chi connectivity index (χ0v) is 19.4. The maximum atomic E-state index is 14.0. The second-order valence-electron chi connectivity index (χ2n) is 8.21. The largest absolute Gasteiger partial charge is 0.343 e. The van der Waals surface area contributed by atoms with Gasteiger partial charge in [-0.2, -0.15) is 0 Å². The first kappa shape index (κ1) is 23.7. The molecule has 0 radical (unpaired) electrons. The first-order valence-corrected chi connectivity index (χ1v) is 11.0. The summed E-state index contributed by atoms with van der Waals surface area (Å²) in [6.45, 7) is 1.68. The monoisotopic (exact) mass is 474 g/mol. The number of aromatic nitrogens is 1. The Morgan fingerprint density at radius 3 is 2.12 bits per heavy atom. The molecule has 0 bridgehead atoms. The molecule has 0 aliphatic rings. The highest BCUT2D eigenvalue weighted by atomic mass is 35.5. The highest BCUT2D eigenvalue weighted by Gasteiger charge is 2.11. The van der Waals surface area contributed by atoms with Crippen molar-refractivity contribution in [3.63, 3.8) is 0 Å². The van der Waals surface area contributed by atoms with Crippen LogP contribution in [0.2, 0.25) is 0 Å². The minimum Gasteiger partial charge on any atom is -0.343 e. The third kappa shape index (κ3) is 5.19. The van der Waals surface area contributed by atoms with Gasteiger partial charge in [-0.15, -0.1) is 12.4 Å². The Kier molecular flexibility index (Phi) is 7.41. The quantitative estimate of drug-likeness (QED) is 0.261. The van der Waals surface area contributed by atoms with Crippen molar-refractivity contribution in [3.05, 3.63) is 132 Å². The van der Waals surface area contributed by atoms with Crippen LogP contribution < -0.4 is 5.32 Å². The molecule has 0 amide bonds. The summed E-state index contributed by atoms with van der Waals surface area (Å²) >= 11 is 0. The van der Waals surface area contributed by atoms with E-state index in [1.165, 1.54) is 28.6 Å². The van der Waals surface area contributed by atoms with Gasteiger partial charge in [-0.25, -0.2) is 8.78 Å². The number of nitrogens with zero attached hydrogens (tertiary/aromatic N) is 1. The lowest BCUT2D eigenvalue weighted by Gasteiger charge is -2.07. The summed E-state index contributed by atoms with van der Waals surface area (Å²) in [5, 5.41) is 4.50. The van der Waals surface area contributed by atoms with E-state index in [1.54, 1.807) is 0 Å². The molecule has 1 N–H and O–H groups in total. The molecule has 5 aromatic rings. The van der Waals surface area contributed by atoms with Crippen molar-refractivity contribution in [1.82, 2.24) is 9.88 Å². The van der Waals surface area contributed by atoms with E-state index >= 15 is 0 Å². The lowest BCUT2D eigenvalue weighted by molar-refractivity contribution is 0.560. The van der Waals surface area contributed by atoms with E-state index in [9.17, 15) is 8.78 Å². The number of fused-ring (bicyclic) bond motifs is 1. The first-order chi connectivity index (χ1) is 16.2. The minimum atomic E-state index is -0.561. The van der Waals surface area contributed by atoms with Crippen LogP contribution >= 0.6 is 12.4 Å². The lowest BCUT2D eigenvalue weighted by Crippen LogP contribution is -2.13. The van der Waals surface area contributed by atoms with Gasteiger partial charge < -0.3 is 9.88 Å². The Morgan fingerprint density at radius 2 is 1.38 bits per heavy atom. The van der Waals surface area contributed by atoms with E-state index in [0.717, 1.165) is 29.3 Å². The van der Waals surface area contributed by atoms with Gasteiger partial charge in [0.05, 0.1) is 0 Å². The van der Waals surface area contributed by atoms with Gasteiger partial charge in [-0.3, -0.25) is 0 Å².